The average molecular weight is 336 g/mol. The van der Waals surface area contributed by atoms with Crippen molar-refractivity contribution in [2.24, 2.45) is 0 Å². The van der Waals surface area contributed by atoms with Gasteiger partial charge < -0.3 is 9.80 Å². The van der Waals surface area contributed by atoms with Crippen LogP contribution < -0.4 is 9.80 Å². The minimum Gasteiger partial charge on any atom is -0.355 e. The summed E-state index contributed by atoms with van der Waals surface area (Å²) in [6.45, 7) is 2.80. The van der Waals surface area contributed by atoms with Crippen LogP contribution in [0.1, 0.15) is 48.2 Å². The van der Waals surface area contributed by atoms with Crippen molar-refractivity contribution in [1.29, 1.82) is 0 Å². The molecule has 2 aromatic rings. The maximum Gasteiger partial charge on any atom is 0.278 e. The van der Waals surface area contributed by atoms with Crippen LogP contribution >= 0.6 is 0 Å². The van der Waals surface area contributed by atoms with Gasteiger partial charge in [-0.1, -0.05) is 31.0 Å². The maximum absolute atomic E-state index is 12.9. The summed E-state index contributed by atoms with van der Waals surface area (Å²) in [7, 11) is 0. The Morgan fingerprint density at radius 3 is 2.44 bits per heavy atom. The molecular weight excluding hydrogens is 312 g/mol. The zero-order valence-corrected chi connectivity index (χ0v) is 14.5. The molecule has 0 saturated carbocycles. The number of hydrogen-bond donors (Lipinski definition) is 0. The molecule has 5 nitrogen and oxygen atoms in total. The molecule has 1 aromatic heterocycles. The molecule has 25 heavy (non-hydrogen) atoms. The molecule has 0 bridgehead atoms. The van der Waals surface area contributed by atoms with Gasteiger partial charge in [0.05, 0.1) is 12.4 Å². The Morgan fingerprint density at radius 1 is 0.880 bits per heavy atom. The van der Waals surface area contributed by atoms with Crippen molar-refractivity contribution in [2.75, 3.05) is 29.4 Å². The van der Waals surface area contributed by atoms with Crippen LogP contribution in [0.4, 0.5) is 11.5 Å². The second-order valence-corrected chi connectivity index (χ2v) is 6.85. The fourth-order valence-corrected chi connectivity index (χ4v) is 3.78. The number of para-hydroxylation sites is 1. The Labute approximate surface area is 148 Å². The van der Waals surface area contributed by atoms with Crippen LogP contribution in [0.5, 0.6) is 0 Å². The molecule has 1 fully saturated rings. The maximum atomic E-state index is 12.9. The number of benzene rings is 1. The Morgan fingerprint density at radius 2 is 1.68 bits per heavy atom. The van der Waals surface area contributed by atoms with E-state index in [1.54, 1.807) is 12.4 Å². The Kier molecular flexibility index (Phi) is 4.63. The van der Waals surface area contributed by atoms with Gasteiger partial charge in [0.15, 0.2) is 0 Å². The molecular formula is C20H24N4O. The number of amides is 1. The smallest absolute Gasteiger partial charge is 0.278 e. The van der Waals surface area contributed by atoms with Crippen molar-refractivity contribution in [3.05, 3.63) is 47.9 Å². The number of fused-ring (bicyclic) bond motifs is 1. The van der Waals surface area contributed by atoms with E-state index in [1.165, 1.54) is 31.2 Å². The standard InChI is InChI=1S/C20H24N4O/c25-20(24-13-7-9-16-8-3-4-10-18(16)24)17-14-22-19(15-21-17)23-11-5-1-2-6-12-23/h3-4,8,10,14-15H,1-2,5-7,9,11-13H2. The number of aromatic nitrogens is 2. The predicted octanol–water partition coefficient (Wildman–Crippen LogP) is 3.45. The largest absolute Gasteiger partial charge is 0.355 e. The zero-order valence-electron chi connectivity index (χ0n) is 14.5. The lowest BCUT2D eigenvalue weighted by molar-refractivity contribution is 0.0980. The molecule has 1 amide bonds. The number of anilines is 2. The van der Waals surface area contributed by atoms with Crippen LogP contribution in [-0.2, 0) is 6.42 Å². The topological polar surface area (TPSA) is 49.3 Å². The molecule has 0 atom stereocenters. The van der Waals surface area contributed by atoms with Gasteiger partial charge in [0, 0.05) is 25.3 Å². The molecule has 0 N–H and O–H groups in total. The highest BCUT2D eigenvalue weighted by molar-refractivity contribution is 6.05. The van der Waals surface area contributed by atoms with E-state index in [4.69, 9.17) is 0 Å². The van der Waals surface area contributed by atoms with Crippen LogP contribution in [0.2, 0.25) is 0 Å². The molecule has 1 saturated heterocycles. The summed E-state index contributed by atoms with van der Waals surface area (Å²) in [5.41, 5.74) is 2.67. The highest BCUT2D eigenvalue weighted by atomic mass is 16.2. The fraction of sp³-hybridized carbons (Fsp3) is 0.450. The SMILES string of the molecule is O=C(c1cnc(N2CCCCCC2)cn1)N1CCCc2ccccc21. The fourth-order valence-electron chi connectivity index (χ4n) is 3.78. The van der Waals surface area contributed by atoms with Gasteiger partial charge in [-0.15, -0.1) is 0 Å². The molecule has 0 spiro atoms. The van der Waals surface area contributed by atoms with Crippen molar-refractivity contribution in [3.63, 3.8) is 0 Å². The molecule has 1 aromatic carbocycles. The third kappa shape index (κ3) is 3.36. The van der Waals surface area contributed by atoms with Gasteiger partial charge in [-0.05, 0) is 37.3 Å². The first kappa shape index (κ1) is 16.1. The van der Waals surface area contributed by atoms with Gasteiger partial charge in [-0.3, -0.25) is 4.79 Å². The van der Waals surface area contributed by atoms with Gasteiger partial charge >= 0.3 is 0 Å². The zero-order chi connectivity index (χ0) is 17.1. The molecule has 2 aliphatic heterocycles. The van der Waals surface area contributed by atoms with Gasteiger partial charge in [0.1, 0.15) is 11.5 Å². The van der Waals surface area contributed by atoms with E-state index in [2.05, 4.69) is 20.9 Å². The minimum atomic E-state index is -0.0536. The summed E-state index contributed by atoms with van der Waals surface area (Å²) >= 11 is 0. The summed E-state index contributed by atoms with van der Waals surface area (Å²) in [4.78, 5) is 26.0. The van der Waals surface area contributed by atoms with Crippen molar-refractivity contribution < 1.29 is 4.79 Å². The Balaban J connectivity index is 1.53. The first-order valence-corrected chi connectivity index (χ1v) is 9.30. The molecule has 0 unspecified atom stereocenters. The van der Waals surface area contributed by atoms with Crippen LogP contribution in [0, 0.1) is 0 Å². The van der Waals surface area contributed by atoms with E-state index in [0.29, 0.717) is 5.69 Å². The summed E-state index contributed by atoms with van der Waals surface area (Å²) in [5.74, 6) is 0.833. The predicted molar refractivity (Wildman–Crippen MR) is 99.2 cm³/mol. The lowest BCUT2D eigenvalue weighted by atomic mass is 10.0. The minimum absolute atomic E-state index is 0.0536. The lowest BCUT2D eigenvalue weighted by Crippen LogP contribution is -2.36. The third-order valence-electron chi connectivity index (χ3n) is 5.14. The van der Waals surface area contributed by atoms with E-state index >= 15 is 0 Å². The number of nitrogens with zero attached hydrogens (tertiary/aromatic N) is 4. The number of carbonyl (C=O) groups excluding carboxylic acids is 1. The number of aryl methyl sites for hydroxylation is 1. The molecule has 0 aliphatic carbocycles. The van der Waals surface area contributed by atoms with Gasteiger partial charge in [0.2, 0.25) is 0 Å². The summed E-state index contributed by atoms with van der Waals surface area (Å²) in [6.07, 6.45) is 10.4. The van der Waals surface area contributed by atoms with Crippen molar-refractivity contribution in [3.8, 4) is 0 Å². The highest BCUT2D eigenvalue weighted by Crippen LogP contribution is 2.28. The highest BCUT2D eigenvalue weighted by Gasteiger charge is 2.24. The number of carbonyl (C=O) groups is 1. The molecule has 130 valence electrons. The quantitative estimate of drug-likeness (QED) is 0.843. The third-order valence-corrected chi connectivity index (χ3v) is 5.14. The van der Waals surface area contributed by atoms with E-state index in [1.807, 2.05) is 23.1 Å². The lowest BCUT2D eigenvalue weighted by Gasteiger charge is -2.29. The first-order chi connectivity index (χ1) is 12.3. The van der Waals surface area contributed by atoms with Crippen LogP contribution in [0.15, 0.2) is 36.7 Å². The van der Waals surface area contributed by atoms with E-state index in [-0.39, 0.29) is 5.91 Å². The summed E-state index contributed by atoms with van der Waals surface area (Å²) in [5, 5.41) is 0. The molecule has 3 heterocycles. The van der Waals surface area contributed by atoms with E-state index in [9.17, 15) is 4.79 Å². The number of hydrogen-bond acceptors (Lipinski definition) is 4. The van der Waals surface area contributed by atoms with E-state index < -0.39 is 0 Å². The van der Waals surface area contributed by atoms with Gasteiger partial charge in [-0.2, -0.15) is 0 Å². The number of rotatable bonds is 2. The monoisotopic (exact) mass is 336 g/mol. The molecule has 0 radical (unpaired) electrons. The molecule has 5 heteroatoms. The second kappa shape index (κ2) is 7.21. The summed E-state index contributed by atoms with van der Waals surface area (Å²) in [6, 6.07) is 8.13. The summed E-state index contributed by atoms with van der Waals surface area (Å²) < 4.78 is 0. The van der Waals surface area contributed by atoms with Crippen LogP contribution in [-0.4, -0.2) is 35.5 Å². The van der Waals surface area contributed by atoms with E-state index in [0.717, 1.165) is 44.0 Å². The molecule has 2 aliphatic rings. The van der Waals surface area contributed by atoms with Crippen molar-refractivity contribution in [1.82, 2.24) is 9.97 Å². The normalized spacial score (nSPS) is 17.8. The van der Waals surface area contributed by atoms with Gasteiger partial charge in [0.25, 0.3) is 5.91 Å². The first-order valence-electron chi connectivity index (χ1n) is 9.30. The van der Waals surface area contributed by atoms with Crippen molar-refractivity contribution in [2.45, 2.75) is 38.5 Å². The second-order valence-electron chi connectivity index (χ2n) is 6.85. The Hall–Kier alpha value is -2.43. The Bertz CT molecular complexity index is 736. The van der Waals surface area contributed by atoms with Crippen molar-refractivity contribution >= 4 is 17.4 Å². The average Bonchev–Trinajstić information content (AvgIpc) is 2.97. The van der Waals surface area contributed by atoms with Crippen LogP contribution in [0.25, 0.3) is 0 Å². The van der Waals surface area contributed by atoms with Gasteiger partial charge in [-0.25, -0.2) is 9.97 Å². The molecule has 4 rings (SSSR count). The van der Waals surface area contributed by atoms with Crippen LogP contribution in [0.3, 0.4) is 0 Å².